The lowest BCUT2D eigenvalue weighted by Gasteiger charge is -2.25. The van der Waals surface area contributed by atoms with E-state index in [-0.39, 0.29) is 6.01 Å². The summed E-state index contributed by atoms with van der Waals surface area (Å²) in [6, 6.07) is 8.17. The molecule has 4 nitrogen and oxygen atoms in total. The molecule has 0 saturated heterocycles. The Morgan fingerprint density at radius 3 is 3.06 bits per heavy atom. The number of oxazole rings is 1. The van der Waals surface area contributed by atoms with Gasteiger partial charge in [0, 0.05) is 24.5 Å². The Morgan fingerprint density at radius 1 is 1.39 bits per heavy atom. The highest BCUT2D eigenvalue weighted by molar-refractivity contribution is 6.31. The van der Waals surface area contributed by atoms with Gasteiger partial charge in [0.25, 0.3) is 6.01 Å². The highest BCUT2D eigenvalue weighted by Crippen LogP contribution is 2.24. The SMILES string of the molecule is Nc1nc2c(o1)CN(Cc1ccccc1Cl)CC2. The molecule has 5 heteroatoms. The van der Waals surface area contributed by atoms with E-state index < -0.39 is 0 Å². The van der Waals surface area contributed by atoms with E-state index in [9.17, 15) is 0 Å². The fraction of sp³-hybridized carbons (Fsp3) is 0.308. The predicted octanol–water partition coefficient (Wildman–Crippen LogP) is 2.47. The average Bonchev–Trinajstić information content (AvgIpc) is 2.71. The summed E-state index contributed by atoms with van der Waals surface area (Å²) in [4.78, 5) is 6.45. The zero-order chi connectivity index (χ0) is 12.5. The molecule has 2 aromatic rings. The standard InChI is InChI=1S/C13H14ClN3O/c14-10-4-2-1-3-9(10)7-17-6-5-11-12(8-17)18-13(15)16-11/h1-4H,5-8H2,(H2,15,16). The van der Waals surface area contributed by atoms with E-state index in [1.165, 1.54) is 0 Å². The summed E-state index contributed by atoms with van der Waals surface area (Å²) in [6.45, 7) is 2.51. The van der Waals surface area contributed by atoms with Crippen LogP contribution in [0.15, 0.2) is 28.7 Å². The lowest BCUT2D eigenvalue weighted by Crippen LogP contribution is -2.29. The molecule has 1 aromatic heterocycles. The molecule has 1 aliphatic heterocycles. The van der Waals surface area contributed by atoms with Gasteiger partial charge in [-0.05, 0) is 11.6 Å². The van der Waals surface area contributed by atoms with E-state index in [2.05, 4.69) is 9.88 Å². The second-order valence-electron chi connectivity index (χ2n) is 4.47. The molecule has 0 radical (unpaired) electrons. The number of rotatable bonds is 2. The summed E-state index contributed by atoms with van der Waals surface area (Å²) in [5.74, 6) is 0.880. The molecule has 0 spiro atoms. The number of nitrogens with two attached hydrogens (primary N) is 1. The molecule has 2 heterocycles. The number of hydrogen-bond acceptors (Lipinski definition) is 4. The first kappa shape index (κ1) is 11.6. The second kappa shape index (κ2) is 4.63. The number of halogens is 1. The van der Waals surface area contributed by atoms with Crippen molar-refractivity contribution in [3.05, 3.63) is 46.3 Å². The topological polar surface area (TPSA) is 55.3 Å². The van der Waals surface area contributed by atoms with Gasteiger partial charge in [0.15, 0.2) is 0 Å². The lowest BCUT2D eigenvalue weighted by molar-refractivity contribution is 0.222. The van der Waals surface area contributed by atoms with Crippen molar-refractivity contribution in [3.8, 4) is 0 Å². The Labute approximate surface area is 110 Å². The predicted molar refractivity (Wildman–Crippen MR) is 70.2 cm³/mol. The van der Waals surface area contributed by atoms with Crippen LogP contribution in [0.5, 0.6) is 0 Å². The van der Waals surface area contributed by atoms with Gasteiger partial charge in [-0.1, -0.05) is 29.8 Å². The van der Waals surface area contributed by atoms with Crippen LogP contribution in [0.4, 0.5) is 6.01 Å². The fourth-order valence-electron chi connectivity index (χ4n) is 2.27. The van der Waals surface area contributed by atoms with Crippen molar-refractivity contribution in [2.24, 2.45) is 0 Å². The summed E-state index contributed by atoms with van der Waals surface area (Å²) in [6.07, 6.45) is 0.875. The second-order valence-corrected chi connectivity index (χ2v) is 4.88. The fourth-order valence-corrected chi connectivity index (χ4v) is 2.47. The normalized spacial score (nSPS) is 15.6. The molecule has 0 bridgehead atoms. The van der Waals surface area contributed by atoms with Crippen LogP contribution in [0.1, 0.15) is 17.0 Å². The maximum Gasteiger partial charge on any atom is 0.292 e. The van der Waals surface area contributed by atoms with Gasteiger partial charge in [-0.2, -0.15) is 4.98 Å². The molecule has 0 unspecified atom stereocenters. The van der Waals surface area contributed by atoms with Gasteiger partial charge >= 0.3 is 0 Å². The van der Waals surface area contributed by atoms with Gasteiger partial charge in [0.1, 0.15) is 5.76 Å². The molecule has 0 amide bonds. The van der Waals surface area contributed by atoms with Crippen molar-refractivity contribution >= 4 is 17.6 Å². The van der Waals surface area contributed by atoms with Gasteiger partial charge in [0.2, 0.25) is 0 Å². The summed E-state index contributed by atoms with van der Waals surface area (Å²) in [5.41, 5.74) is 7.69. The number of nitrogens with zero attached hydrogens (tertiary/aromatic N) is 2. The molecular formula is C13H14ClN3O. The Morgan fingerprint density at radius 2 is 2.22 bits per heavy atom. The zero-order valence-corrected chi connectivity index (χ0v) is 10.7. The Balaban J connectivity index is 1.75. The Kier molecular flexibility index (Phi) is 2.97. The van der Waals surface area contributed by atoms with Crippen molar-refractivity contribution in [3.63, 3.8) is 0 Å². The number of aromatic nitrogens is 1. The van der Waals surface area contributed by atoms with Gasteiger partial charge < -0.3 is 10.2 Å². The van der Waals surface area contributed by atoms with Crippen molar-refractivity contribution in [2.75, 3.05) is 12.3 Å². The van der Waals surface area contributed by atoms with Crippen LogP contribution in [-0.2, 0) is 19.5 Å². The Hall–Kier alpha value is -1.52. The highest BCUT2D eigenvalue weighted by atomic mass is 35.5. The third-order valence-electron chi connectivity index (χ3n) is 3.18. The van der Waals surface area contributed by atoms with Crippen molar-refractivity contribution in [2.45, 2.75) is 19.5 Å². The summed E-state index contributed by atoms with van der Waals surface area (Å²) < 4.78 is 5.40. The van der Waals surface area contributed by atoms with Crippen molar-refractivity contribution < 1.29 is 4.42 Å². The minimum absolute atomic E-state index is 0.264. The molecule has 1 aliphatic rings. The van der Waals surface area contributed by atoms with E-state index in [0.29, 0.717) is 0 Å². The molecule has 18 heavy (non-hydrogen) atoms. The number of hydrogen-bond donors (Lipinski definition) is 1. The van der Waals surface area contributed by atoms with Crippen LogP contribution >= 0.6 is 11.6 Å². The van der Waals surface area contributed by atoms with E-state index in [0.717, 1.165) is 48.1 Å². The molecule has 0 fully saturated rings. The van der Waals surface area contributed by atoms with Crippen LogP contribution in [0.3, 0.4) is 0 Å². The molecule has 94 valence electrons. The van der Waals surface area contributed by atoms with Crippen molar-refractivity contribution in [1.82, 2.24) is 9.88 Å². The van der Waals surface area contributed by atoms with Crippen LogP contribution in [0, 0.1) is 0 Å². The first-order chi connectivity index (χ1) is 8.72. The van der Waals surface area contributed by atoms with E-state index >= 15 is 0 Å². The number of fused-ring (bicyclic) bond motifs is 1. The van der Waals surface area contributed by atoms with E-state index in [1.807, 2.05) is 24.3 Å². The lowest BCUT2D eigenvalue weighted by atomic mass is 10.1. The average molecular weight is 264 g/mol. The van der Waals surface area contributed by atoms with Crippen LogP contribution in [0.25, 0.3) is 0 Å². The summed E-state index contributed by atoms with van der Waals surface area (Å²) in [7, 11) is 0. The van der Waals surface area contributed by atoms with E-state index in [4.69, 9.17) is 21.8 Å². The third-order valence-corrected chi connectivity index (χ3v) is 3.55. The Bertz CT molecular complexity index is 567. The van der Waals surface area contributed by atoms with Gasteiger partial charge in [-0.25, -0.2) is 0 Å². The largest absolute Gasteiger partial charge is 0.427 e. The van der Waals surface area contributed by atoms with Gasteiger partial charge in [0.05, 0.1) is 12.2 Å². The first-order valence-corrected chi connectivity index (χ1v) is 6.30. The monoisotopic (exact) mass is 263 g/mol. The smallest absolute Gasteiger partial charge is 0.292 e. The maximum atomic E-state index is 6.17. The van der Waals surface area contributed by atoms with Crippen LogP contribution in [-0.4, -0.2) is 16.4 Å². The first-order valence-electron chi connectivity index (χ1n) is 5.92. The minimum Gasteiger partial charge on any atom is -0.427 e. The molecule has 0 saturated carbocycles. The van der Waals surface area contributed by atoms with Crippen molar-refractivity contribution in [1.29, 1.82) is 0 Å². The number of anilines is 1. The molecule has 1 aromatic carbocycles. The van der Waals surface area contributed by atoms with E-state index in [1.54, 1.807) is 0 Å². The number of nitrogen functional groups attached to an aromatic ring is 1. The van der Waals surface area contributed by atoms with Crippen LogP contribution < -0.4 is 5.73 Å². The summed E-state index contributed by atoms with van der Waals surface area (Å²) in [5, 5.41) is 0.806. The molecular weight excluding hydrogens is 250 g/mol. The molecule has 3 rings (SSSR count). The minimum atomic E-state index is 0.264. The maximum absolute atomic E-state index is 6.17. The quantitative estimate of drug-likeness (QED) is 0.904. The van der Waals surface area contributed by atoms with Gasteiger partial charge in [-0.15, -0.1) is 0 Å². The third kappa shape index (κ3) is 2.21. The molecule has 0 atom stereocenters. The summed E-state index contributed by atoms with van der Waals surface area (Å²) >= 11 is 6.17. The highest BCUT2D eigenvalue weighted by Gasteiger charge is 2.21. The number of benzene rings is 1. The zero-order valence-electron chi connectivity index (χ0n) is 9.90. The van der Waals surface area contributed by atoms with Gasteiger partial charge in [-0.3, -0.25) is 4.90 Å². The molecule has 0 aliphatic carbocycles. The molecule has 2 N–H and O–H groups in total. The van der Waals surface area contributed by atoms with Crippen LogP contribution in [0.2, 0.25) is 5.02 Å².